The van der Waals surface area contributed by atoms with Crippen molar-refractivity contribution in [1.82, 2.24) is 10.6 Å². The Morgan fingerprint density at radius 2 is 2.24 bits per heavy atom. The van der Waals surface area contributed by atoms with Crippen LogP contribution in [0.15, 0.2) is 80.7 Å². The lowest BCUT2D eigenvalue weighted by Crippen LogP contribution is -2.26. The summed E-state index contributed by atoms with van der Waals surface area (Å²) in [6.45, 7) is 12.9. The largest absolute Gasteiger partial charge is 0.497 e. The van der Waals surface area contributed by atoms with E-state index < -0.39 is 0 Å². The van der Waals surface area contributed by atoms with Crippen LogP contribution in [-0.4, -0.2) is 44.8 Å². The number of methoxy groups -OCH3 is 1. The van der Waals surface area contributed by atoms with E-state index in [9.17, 15) is 4.79 Å². The van der Waals surface area contributed by atoms with Gasteiger partial charge in [-0.25, -0.2) is 4.99 Å². The summed E-state index contributed by atoms with van der Waals surface area (Å²) in [5.74, 6) is 0.678. The number of hydrogen-bond donors (Lipinski definition) is 2. The van der Waals surface area contributed by atoms with Crippen molar-refractivity contribution in [2.75, 3.05) is 26.9 Å². The molecule has 0 fully saturated rings. The van der Waals surface area contributed by atoms with E-state index in [0.717, 1.165) is 17.8 Å². The maximum Gasteiger partial charge on any atom is 0.257 e. The van der Waals surface area contributed by atoms with Crippen molar-refractivity contribution >= 4 is 29.7 Å². The Balaban J connectivity index is 2.53. The first-order valence-electron chi connectivity index (χ1n) is 9.28. The third kappa shape index (κ3) is 9.91. The molecule has 0 aromatic carbocycles. The second-order valence-electron chi connectivity index (χ2n) is 5.97. The summed E-state index contributed by atoms with van der Waals surface area (Å²) < 4.78 is 5.22. The van der Waals surface area contributed by atoms with Gasteiger partial charge in [-0.05, 0) is 38.0 Å². The van der Waals surface area contributed by atoms with E-state index in [-0.39, 0.29) is 5.91 Å². The van der Waals surface area contributed by atoms with E-state index in [1.165, 1.54) is 18.1 Å². The number of aliphatic imine (C=N–C) groups is 2. The molecule has 0 atom stereocenters. The maximum atomic E-state index is 12.5. The van der Waals surface area contributed by atoms with Crippen molar-refractivity contribution in [3.63, 3.8) is 0 Å². The number of nitrogens with zero attached hydrogens (tertiary/aromatic N) is 2. The molecule has 1 aliphatic carbocycles. The van der Waals surface area contributed by atoms with E-state index in [2.05, 4.69) is 33.8 Å². The number of thioether (sulfide) groups is 1. The van der Waals surface area contributed by atoms with E-state index in [1.807, 2.05) is 38.2 Å². The molecule has 1 amide bonds. The number of carbonyl (C=O) groups excluding carboxylic acids is 1. The quantitative estimate of drug-likeness (QED) is 0.167. The molecule has 156 valence electrons. The fourth-order valence-electron chi connectivity index (χ4n) is 2.12. The first-order valence-corrected chi connectivity index (χ1v) is 10.1. The zero-order valence-electron chi connectivity index (χ0n) is 17.4. The highest BCUT2D eigenvalue weighted by Crippen LogP contribution is 2.25. The Morgan fingerprint density at radius 1 is 1.45 bits per heavy atom. The minimum Gasteiger partial charge on any atom is -0.497 e. The summed E-state index contributed by atoms with van der Waals surface area (Å²) in [4.78, 5) is 22.2. The number of nitrogens with one attached hydrogen (secondary N) is 2. The number of amides is 1. The summed E-state index contributed by atoms with van der Waals surface area (Å²) >= 11 is 1.30. The molecule has 29 heavy (non-hydrogen) atoms. The van der Waals surface area contributed by atoms with Crippen LogP contribution >= 0.6 is 11.8 Å². The van der Waals surface area contributed by atoms with Gasteiger partial charge in [0.15, 0.2) is 0 Å². The van der Waals surface area contributed by atoms with Gasteiger partial charge in [0.25, 0.3) is 5.91 Å². The van der Waals surface area contributed by atoms with Gasteiger partial charge in [0.1, 0.15) is 12.1 Å². The van der Waals surface area contributed by atoms with Gasteiger partial charge in [-0.2, -0.15) is 0 Å². The minimum absolute atomic E-state index is 0.140. The number of ether oxygens (including phenoxy) is 1. The van der Waals surface area contributed by atoms with E-state index in [4.69, 9.17) is 4.74 Å². The first kappa shape index (κ1) is 24.4. The van der Waals surface area contributed by atoms with Crippen molar-refractivity contribution in [3.05, 3.63) is 70.8 Å². The summed E-state index contributed by atoms with van der Waals surface area (Å²) in [6.07, 6.45) is 13.6. The monoisotopic (exact) mass is 414 g/mol. The molecule has 0 unspecified atom stereocenters. The Hall–Kier alpha value is -2.64. The maximum absolute atomic E-state index is 12.5. The number of carbonyl (C=O) groups is 1. The van der Waals surface area contributed by atoms with Gasteiger partial charge < -0.3 is 10.1 Å². The van der Waals surface area contributed by atoms with Crippen LogP contribution in [0.4, 0.5) is 0 Å². The van der Waals surface area contributed by atoms with Gasteiger partial charge >= 0.3 is 0 Å². The molecule has 0 aromatic heterocycles. The lowest BCUT2D eigenvalue weighted by molar-refractivity contribution is -0.116. The van der Waals surface area contributed by atoms with Crippen molar-refractivity contribution in [2.24, 2.45) is 9.98 Å². The molecule has 6 nitrogen and oxygen atoms in total. The van der Waals surface area contributed by atoms with Crippen LogP contribution in [-0.2, 0) is 9.53 Å². The molecule has 0 radical (unpaired) electrons. The van der Waals surface area contributed by atoms with Crippen LogP contribution in [0.3, 0.4) is 0 Å². The number of allylic oxidation sites excluding steroid dienone is 6. The summed E-state index contributed by atoms with van der Waals surface area (Å²) in [5.41, 5.74) is 1.81. The molecular formula is C22H30N4O2S. The van der Waals surface area contributed by atoms with Gasteiger partial charge in [0.05, 0.1) is 24.4 Å². The molecular weight excluding hydrogens is 384 g/mol. The zero-order valence-corrected chi connectivity index (χ0v) is 18.2. The molecule has 0 spiro atoms. The van der Waals surface area contributed by atoms with Crippen LogP contribution in [0.5, 0.6) is 0 Å². The highest BCUT2D eigenvalue weighted by molar-refractivity contribution is 8.08. The average Bonchev–Trinajstić information content (AvgIpc) is 2.97. The van der Waals surface area contributed by atoms with E-state index >= 15 is 0 Å². The van der Waals surface area contributed by atoms with Gasteiger partial charge in [-0.1, -0.05) is 42.6 Å². The van der Waals surface area contributed by atoms with Gasteiger partial charge in [0.2, 0.25) is 0 Å². The van der Waals surface area contributed by atoms with Gasteiger partial charge in [0, 0.05) is 18.0 Å². The second kappa shape index (κ2) is 14.4. The third-order valence-corrected chi connectivity index (χ3v) is 5.00. The Kier molecular flexibility index (Phi) is 12.1. The molecule has 0 aliphatic heterocycles. The van der Waals surface area contributed by atoms with Crippen molar-refractivity contribution in [2.45, 2.75) is 20.3 Å². The predicted octanol–water partition coefficient (Wildman–Crippen LogP) is 3.89. The van der Waals surface area contributed by atoms with Gasteiger partial charge in [-0.3, -0.25) is 15.1 Å². The average molecular weight is 415 g/mol. The molecule has 1 rings (SSSR count). The Labute approximate surface area is 178 Å². The van der Waals surface area contributed by atoms with Crippen LogP contribution in [0.2, 0.25) is 0 Å². The highest BCUT2D eigenvalue weighted by Gasteiger charge is 2.13. The third-order valence-electron chi connectivity index (χ3n) is 3.82. The standard InChI is InChI=1S/C22H30N4O2S/c1-6-13-23-15-24-16-26-17(3)18(4)29-21(7-2)22(27)25-14-19-9-8-10-20(28-5)12-11-19/h6-10,12,16,23H,1,4,11,13-15H2,2-3,5H3,(H,25,27)/b21-7-,24-16-,26-17?. The lowest BCUT2D eigenvalue weighted by atomic mass is 10.2. The fraction of sp³-hybridized carbons (Fsp3) is 0.318. The molecule has 0 bridgehead atoms. The molecule has 0 saturated carbocycles. The van der Waals surface area contributed by atoms with E-state index in [0.29, 0.717) is 35.3 Å². The second-order valence-corrected chi connectivity index (χ2v) is 7.11. The van der Waals surface area contributed by atoms with Crippen molar-refractivity contribution in [1.29, 1.82) is 0 Å². The van der Waals surface area contributed by atoms with E-state index in [1.54, 1.807) is 19.3 Å². The van der Waals surface area contributed by atoms with Crippen molar-refractivity contribution < 1.29 is 9.53 Å². The molecule has 0 aromatic rings. The SMILES string of the molecule is C=CCNC/N=C\N=C(C)C(=C)S/C(=C\C)C(=O)NCC1=CC=CC(OC)=CC1. The molecule has 1 aliphatic rings. The first-order chi connectivity index (χ1) is 14.0. The normalized spacial score (nSPS) is 14.9. The van der Waals surface area contributed by atoms with Crippen LogP contribution < -0.4 is 10.6 Å². The fourth-order valence-corrected chi connectivity index (χ4v) is 2.87. The topological polar surface area (TPSA) is 75.1 Å². The summed E-state index contributed by atoms with van der Waals surface area (Å²) in [5, 5.41) is 6.01. The smallest absolute Gasteiger partial charge is 0.257 e. The van der Waals surface area contributed by atoms with Crippen LogP contribution in [0.1, 0.15) is 20.3 Å². The Bertz CT molecular complexity index is 774. The van der Waals surface area contributed by atoms with Crippen LogP contribution in [0, 0.1) is 0 Å². The minimum atomic E-state index is -0.140. The predicted molar refractivity (Wildman–Crippen MR) is 125 cm³/mol. The number of hydrogen-bond acceptors (Lipinski definition) is 5. The lowest BCUT2D eigenvalue weighted by Gasteiger charge is -2.11. The molecule has 0 saturated heterocycles. The molecule has 0 heterocycles. The van der Waals surface area contributed by atoms with Crippen molar-refractivity contribution in [3.8, 4) is 0 Å². The highest BCUT2D eigenvalue weighted by atomic mass is 32.2. The zero-order chi connectivity index (χ0) is 21.5. The Morgan fingerprint density at radius 3 is 2.93 bits per heavy atom. The van der Waals surface area contributed by atoms with Crippen LogP contribution in [0.25, 0.3) is 0 Å². The summed E-state index contributed by atoms with van der Waals surface area (Å²) in [7, 11) is 1.64. The number of rotatable bonds is 12. The van der Waals surface area contributed by atoms with Gasteiger partial charge in [-0.15, -0.1) is 6.58 Å². The molecule has 7 heteroatoms. The molecule has 2 N–H and O–H groups in total. The summed E-state index contributed by atoms with van der Waals surface area (Å²) in [6, 6.07) is 0.